The molecule has 0 saturated heterocycles. The summed E-state index contributed by atoms with van der Waals surface area (Å²) in [4.78, 5) is 42.4. The van der Waals surface area contributed by atoms with E-state index in [9.17, 15) is 19.2 Å². The summed E-state index contributed by atoms with van der Waals surface area (Å²) in [5.41, 5.74) is 0. The van der Waals surface area contributed by atoms with Crippen LogP contribution in [0.2, 0.25) is 0 Å². The first-order valence-corrected chi connectivity index (χ1v) is 5.26. The molecule has 0 aliphatic carbocycles. The quantitative estimate of drug-likeness (QED) is 0.203. The molecule has 0 saturated carbocycles. The van der Waals surface area contributed by atoms with E-state index in [1.165, 1.54) is 0 Å². The molecule has 8 nitrogen and oxygen atoms in total. The van der Waals surface area contributed by atoms with Crippen molar-refractivity contribution in [3.8, 4) is 0 Å². The number of amides is 3. The van der Waals surface area contributed by atoms with E-state index in [1.54, 1.807) is 0 Å². The van der Waals surface area contributed by atoms with Gasteiger partial charge in [-0.2, -0.15) is 12.6 Å². The minimum atomic E-state index is -1.65. The highest BCUT2D eigenvalue weighted by Crippen LogP contribution is 1.72. The SMILES string of the molecule is O=C(CS)NCCNC(=O)CNC(=O)C(=O)O. The molecule has 17 heavy (non-hydrogen) atoms. The Morgan fingerprint density at radius 2 is 1.47 bits per heavy atom. The lowest BCUT2D eigenvalue weighted by atomic mass is 10.5. The van der Waals surface area contributed by atoms with Crippen molar-refractivity contribution in [2.45, 2.75) is 0 Å². The molecular formula is C8H13N3O5S. The Morgan fingerprint density at radius 1 is 0.941 bits per heavy atom. The largest absolute Gasteiger partial charge is 0.474 e. The van der Waals surface area contributed by atoms with E-state index in [0.717, 1.165) is 0 Å². The summed E-state index contributed by atoms with van der Waals surface area (Å²) in [6, 6.07) is 0. The van der Waals surface area contributed by atoms with Gasteiger partial charge in [0.15, 0.2) is 0 Å². The van der Waals surface area contributed by atoms with Gasteiger partial charge in [-0.25, -0.2) is 4.79 Å². The molecule has 0 radical (unpaired) electrons. The van der Waals surface area contributed by atoms with Gasteiger partial charge in [-0.05, 0) is 0 Å². The van der Waals surface area contributed by atoms with Gasteiger partial charge in [-0.15, -0.1) is 0 Å². The van der Waals surface area contributed by atoms with Crippen molar-refractivity contribution in [2.24, 2.45) is 0 Å². The number of carbonyl (C=O) groups is 4. The summed E-state index contributed by atoms with van der Waals surface area (Å²) in [5.74, 6) is -3.65. The first-order chi connectivity index (χ1) is 7.97. The van der Waals surface area contributed by atoms with Crippen molar-refractivity contribution in [1.29, 1.82) is 0 Å². The molecule has 0 bridgehead atoms. The summed E-state index contributed by atoms with van der Waals surface area (Å²) >= 11 is 3.73. The standard InChI is InChI=1S/C8H13N3O5S/c12-5(3-11-7(14)8(15)16)9-1-2-10-6(13)4-17/h17H,1-4H2,(H,9,12)(H,10,13)(H,11,14)(H,15,16). The molecule has 9 heteroatoms. The lowest BCUT2D eigenvalue weighted by molar-refractivity contribution is -0.150. The zero-order valence-corrected chi connectivity index (χ0v) is 9.75. The summed E-state index contributed by atoms with van der Waals surface area (Å²) in [7, 11) is 0. The van der Waals surface area contributed by atoms with E-state index in [4.69, 9.17) is 5.11 Å². The van der Waals surface area contributed by atoms with E-state index in [1.807, 2.05) is 5.32 Å². The number of rotatable bonds is 6. The van der Waals surface area contributed by atoms with Crippen molar-refractivity contribution in [3.05, 3.63) is 0 Å². The fourth-order valence-corrected chi connectivity index (χ4v) is 0.870. The maximum absolute atomic E-state index is 11.0. The zero-order chi connectivity index (χ0) is 13.3. The van der Waals surface area contributed by atoms with E-state index in [0.29, 0.717) is 0 Å². The predicted octanol–water partition coefficient (Wildman–Crippen LogP) is -2.65. The monoisotopic (exact) mass is 263 g/mol. The summed E-state index contributed by atoms with van der Waals surface area (Å²) in [6.07, 6.45) is 0. The van der Waals surface area contributed by atoms with E-state index in [-0.39, 0.29) is 24.7 Å². The van der Waals surface area contributed by atoms with Gasteiger partial charge in [-0.3, -0.25) is 14.4 Å². The molecular weight excluding hydrogens is 250 g/mol. The maximum atomic E-state index is 11.0. The predicted molar refractivity (Wildman–Crippen MR) is 60.5 cm³/mol. The van der Waals surface area contributed by atoms with Gasteiger partial charge < -0.3 is 21.1 Å². The van der Waals surface area contributed by atoms with E-state index < -0.39 is 24.3 Å². The Morgan fingerprint density at radius 3 is 1.94 bits per heavy atom. The first kappa shape index (κ1) is 15.2. The second-order valence-corrected chi connectivity index (χ2v) is 3.16. The smallest absolute Gasteiger partial charge is 0.394 e. The summed E-state index contributed by atoms with van der Waals surface area (Å²) < 4.78 is 0. The average molecular weight is 263 g/mol. The maximum Gasteiger partial charge on any atom is 0.394 e. The van der Waals surface area contributed by atoms with Gasteiger partial charge >= 0.3 is 11.9 Å². The average Bonchev–Trinajstić information content (AvgIpc) is 2.30. The van der Waals surface area contributed by atoms with Crippen LogP contribution >= 0.6 is 12.6 Å². The molecule has 0 aromatic rings. The van der Waals surface area contributed by atoms with Crippen LogP contribution in [0.4, 0.5) is 0 Å². The van der Waals surface area contributed by atoms with E-state index in [2.05, 4.69) is 23.3 Å². The molecule has 96 valence electrons. The highest BCUT2D eigenvalue weighted by Gasteiger charge is 2.11. The van der Waals surface area contributed by atoms with Gasteiger partial charge in [0.2, 0.25) is 11.8 Å². The van der Waals surface area contributed by atoms with Gasteiger partial charge in [0.05, 0.1) is 12.3 Å². The fourth-order valence-electron chi connectivity index (χ4n) is 0.758. The summed E-state index contributed by atoms with van der Waals surface area (Å²) in [5, 5.41) is 14.9. The second-order valence-electron chi connectivity index (χ2n) is 2.85. The van der Waals surface area contributed by atoms with Crippen molar-refractivity contribution in [2.75, 3.05) is 25.4 Å². The topological polar surface area (TPSA) is 125 Å². The van der Waals surface area contributed by atoms with Crippen LogP contribution in [0.1, 0.15) is 0 Å². The highest BCUT2D eigenvalue weighted by atomic mass is 32.1. The molecule has 0 aromatic carbocycles. The third kappa shape index (κ3) is 8.08. The normalized spacial score (nSPS) is 9.24. The number of carboxylic acid groups (broad SMARTS) is 1. The Balaban J connectivity index is 3.57. The molecule has 3 amide bonds. The number of hydrogen-bond acceptors (Lipinski definition) is 5. The number of carboxylic acids is 1. The van der Waals surface area contributed by atoms with Crippen LogP contribution in [-0.2, 0) is 19.2 Å². The summed E-state index contributed by atoms with van der Waals surface area (Å²) in [6.45, 7) is -0.00898. The Hall–Kier alpha value is -1.77. The minimum Gasteiger partial charge on any atom is -0.474 e. The van der Waals surface area contributed by atoms with Crippen LogP contribution in [0.25, 0.3) is 0 Å². The van der Waals surface area contributed by atoms with Crippen molar-refractivity contribution in [3.63, 3.8) is 0 Å². The van der Waals surface area contributed by atoms with Gasteiger partial charge in [-0.1, -0.05) is 0 Å². The Kier molecular flexibility index (Phi) is 7.52. The number of carbonyl (C=O) groups excluding carboxylic acids is 3. The van der Waals surface area contributed by atoms with Crippen LogP contribution in [0.5, 0.6) is 0 Å². The van der Waals surface area contributed by atoms with Crippen molar-refractivity contribution >= 4 is 36.3 Å². The van der Waals surface area contributed by atoms with Crippen molar-refractivity contribution < 1.29 is 24.3 Å². The first-order valence-electron chi connectivity index (χ1n) is 4.62. The number of hydrogen-bond donors (Lipinski definition) is 5. The molecule has 0 rings (SSSR count). The Labute approximate surface area is 103 Å². The van der Waals surface area contributed by atoms with Crippen LogP contribution < -0.4 is 16.0 Å². The molecule has 0 unspecified atom stereocenters. The molecule has 4 N–H and O–H groups in total. The fraction of sp³-hybridized carbons (Fsp3) is 0.500. The second kappa shape index (κ2) is 8.39. The molecule has 0 fully saturated rings. The van der Waals surface area contributed by atoms with E-state index >= 15 is 0 Å². The zero-order valence-electron chi connectivity index (χ0n) is 8.86. The molecule has 0 aliphatic heterocycles. The van der Waals surface area contributed by atoms with Crippen LogP contribution in [-0.4, -0.2) is 54.2 Å². The van der Waals surface area contributed by atoms with Crippen LogP contribution in [0.3, 0.4) is 0 Å². The lowest BCUT2D eigenvalue weighted by Crippen LogP contribution is -2.42. The molecule has 0 aromatic heterocycles. The third-order valence-corrected chi connectivity index (χ3v) is 1.80. The third-order valence-electron chi connectivity index (χ3n) is 1.52. The molecule has 0 aliphatic rings. The molecule has 0 heterocycles. The van der Waals surface area contributed by atoms with Crippen LogP contribution in [0, 0.1) is 0 Å². The Bertz CT molecular complexity index is 320. The lowest BCUT2D eigenvalue weighted by Gasteiger charge is -2.06. The number of aliphatic carboxylic acids is 1. The highest BCUT2D eigenvalue weighted by molar-refractivity contribution is 7.81. The number of thiol groups is 1. The van der Waals surface area contributed by atoms with Crippen molar-refractivity contribution in [1.82, 2.24) is 16.0 Å². The minimum absolute atomic E-state index is 0.0582. The molecule has 0 spiro atoms. The van der Waals surface area contributed by atoms with Crippen LogP contribution in [0.15, 0.2) is 0 Å². The van der Waals surface area contributed by atoms with Gasteiger partial charge in [0.1, 0.15) is 0 Å². The molecule has 0 atom stereocenters. The number of nitrogens with one attached hydrogen (secondary N) is 3. The van der Waals surface area contributed by atoms with Gasteiger partial charge in [0.25, 0.3) is 0 Å². The van der Waals surface area contributed by atoms with Gasteiger partial charge in [0, 0.05) is 13.1 Å².